The Bertz CT molecular complexity index is 1400. The first-order valence-electron chi connectivity index (χ1n) is 12.4. The number of nitrogens with one attached hydrogen (secondary N) is 2. The molecule has 0 aromatic heterocycles. The van der Waals surface area contributed by atoms with Crippen LogP contribution in [0.3, 0.4) is 0 Å². The molecule has 3 amide bonds. The largest absolute Gasteiger partial charge is 0.497 e. The summed E-state index contributed by atoms with van der Waals surface area (Å²) in [5, 5.41) is 5.89. The smallest absolute Gasteiger partial charge is 0.256 e. The van der Waals surface area contributed by atoms with E-state index in [0.29, 0.717) is 23.4 Å². The van der Waals surface area contributed by atoms with E-state index in [2.05, 4.69) is 10.6 Å². The highest BCUT2D eigenvalue weighted by Crippen LogP contribution is 2.30. The lowest BCUT2D eigenvalue weighted by atomic mass is 10.1. The molecule has 0 aliphatic carbocycles. The molecule has 194 valence electrons. The molecule has 2 atom stereocenters. The molecule has 1 saturated heterocycles. The molecule has 8 nitrogen and oxygen atoms in total. The molecule has 0 bridgehead atoms. The molecule has 2 heterocycles. The fraction of sp³-hybridized carbons (Fsp3) is 0.233. The molecule has 3 aromatic carbocycles. The van der Waals surface area contributed by atoms with Gasteiger partial charge < -0.3 is 25.0 Å². The molecule has 0 radical (unpaired) electrons. The summed E-state index contributed by atoms with van der Waals surface area (Å²) < 4.78 is 10.5. The van der Waals surface area contributed by atoms with Crippen LogP contribution in [0.25, 0.3) is 12.2 Å². The number of ether oxygens (including phenoxy) is 2. The van der Waals surface area contributed by atoms with E-state index in [4.69, 9.17) is 9.47 Å². The van der Waals surface area contributed by atoms with Gasteiger partial charge in [0, 0.05) is 18.2 Å². The average molecular weight is 512 g/mol. The van der Waals surface area contributed by atoms with Crippen molar-refractivity contribution in [2.75, 3.05) is 26.1 Å². The van der Waals surface area contributed by atoms with Crippen LogP contribution in [0.4, 0.5) is 5.69 Å². The van der Waals surface area contributed by atoms with Gasteiger partial charge in [0.25, 0.3) is 5.91 Å². The summed E-state index contributed by atoms with van der Waals surface area (Å²) in [7, 11) is 3.19. The summed E-state index contributed by atoms with van der Waals surface area (Å²) in [4.78, 5) is 40.8. The van der Waals surface area contributed by atoms with Gasteiger partial charge in [0.05, 0.1) is 31.9 Å². The number of amides is 3. The Hall–Kier alpha value is -4.59. The number of hydrogen-bond acceptors (Lipinski definition) is 5. The predicted molar refractivity (Wildman–Crippen MR) is 145 cm³/mol. The van der Waals surface area contributed by atoms with Gasteiger partial charge in [0.1, 0.15) is 17.5 Å². The molecule has 2 aliphatic rings. The highest BCUT2D eigenvalue weighted by molar-refractivity contribution is 6.10. The van der Waals surface area contributed by atoms with E-state index in [-0.39, 0.29) is 36.7 Å². The van der Waals surface area contributed by atoms with Gasteiger partial charge in [-0.3, -0.25) is 14.4 Å². The van der Waals surface area contributed by atoms with Crippen LogP contribution in [0.2, 0.25) is 0 Å². The Labute approximate surface area is 221 Å². The van der Waals surface area contributed by atoms with Crippen molar-refractivity contribution in [3.05, 3.63) is 89.0 Å². The first-order valence-corrected chi connectivity index (χ1v) is 12.4. The summed E-state index contributed by atoms with van der Waals surface area (Å²) >= 11 is 0. The van der Waals surface area contributed by atoms with Crippen LogP contribution in [0.1, 0.15) is 33.5 Å². The molecule has 2 N–H and O–H groups in total. The number of rotatable bonds is 7. The lowest BCUT2D eigenvalue weighted by molar-refractivity contribution is -0.121. The number of methoxy groups -OCH3 is 2. The molecular formula is C30H29N3O5. The van der Waals surface area contributed by atoms with Crippen molar-refractivity contribution in [3.8, 4) is 11.5 Å². The molecule has 5 rings (SSSR count). The zero-order valence-electron chi connectivity index (χ0n) is 21.3. The minimum atomic E-state index is -0.648. The molecule has 0 spiro atoms. The quantitative estimate of drug-likeness (QED) is 0.471. The van der Waals surface area contributed by atoms with E-state index in [9.17, 15) is 14.4 Å². The standard InChI is InChI=1S/C30H29N3O5/c1-37-23-12-9-19(10-13-23)7-8-20-11-14-25-24(15-20)30(36)33-18-22(17-26(33)29(35)32-25)31-28(34)16-21-5-3-4-6-27(21)38-2/h3-15,22,26H,16-18H2,1-2H3,(H,31,34)(H,32,35). The van der Waals surface area contributed by atoms with Crippen LogP contribution in [-0.4, -0.2) is 55.5 Å². The van der Waals surface area contributed by atoms with Crippen LogP contribution < -0.4 is 20.1 Å². The maximum atomic E-state index is 13.5. The lowest BCUT2D eigenvalue weighted by Gasteiger charge is -2.20. The topological polar surface area (TPSA) is 97.0 Å². The number of para-hydroxylation sites is 1. The van der Waals surface area contributed by atoms with Gasteiger partial charge >= 0.3 is 0 Å². The van der Waals surface area contributed by atoms with Gasteiger partial charge in [-0.25, -0.2) is 0 Å². The van der Waals surface area contributed by atoms with Gasteiger partial charge in [-0.05, 0) is 47.9 Å². The van der Waals surface area contributed by atoms with Gasteiger partial charge in [0.15, 0.2) is 0 Å². The SMILES string of the molecule is COc1ccc(C=Cc2ccc3c(c2)C(=O)N2CC(NC(=O)Cc4ccccc4OC)CC2C(=O)N3)cc1. The van der Waals surface area contributed by atoms with Gasteiger partial charge in [-0.15, -0.1) is 0 Å². The molecule has 38 heavy (non-hydrogen) atoms. The first-order chi connectivity index (χ1) is 18.4. The van der Waals surface area contributed by atoms with E-state index in [1.54, 1.807) is 31.3 Å². The van der Waals surface area contributed by atoms with Gasteiger partial charge in [-0.1, -0.05) is 48.6 Å². The second-order valence-corrected chi connectivity index (χ2v) is 9.36. The third-order valence-corrected chi connectivity index (χ3v) is 6.89. The molecule has 1 fully saturated rings. The van der Waals surface area contributed by atoms with Crippen LogP contribution >= 0.6 is 0 Å². The van der Waals surface area contributed by atoms with E-state index in [1.807, 2.05) is 66.7 Å². The van der Waals surface area contributed by atoms with Crippen molar-refractivity contribution < 1.29 is 23.9 Å². The number of benzene rings is 3. The number of carbonyl (C=O) groups is 3. The maximum absolute atomic E-state index is 13.5. The number of fused-ring (bicyclic) bond motifs is 2. The molecular weight excluding hydrogens is 482 g/mol. The molecule has 3 aromatic rings. The second-order valence-electron chi connectivity index (χ2n) is 9.36. The summed E-state index contributed by atoms with van der Waals surface area (Å²) in [6.45, 7) is 0.264. The second kappa shape index (κ2) is 10.8. The number of carbonyl (C=O) groups excluding carboxylic acids is 3. The predicted octanol–water partition coefficient (Wildman–Crippen LogP) is 3.77. The van der Waals surface area contributed by atoms with Crippen molar-refractivity contribution in [2.45, 2.75) is 24.9 Å². The normalized spacial score (nSPS) is 18.4. The highest BCUT2D eigenvalue weighted by Gasteiger charge is 2.43. The number of nitrogens with zero attached hydrogens (tertiary/aromatic N) is 1. The zero-order valence-corrected chi connectivity index (χ0v) is 21.3. The summed E-state index contributed by atoms with van der Waals surface area (Å²) in [5.74, 6) is 0.759. The average Bonchev–Trinajstić information content (AvgIpc) is 3.32. The Balaban J connectivity index is 1.29. The van der Waals surface area contributed by atoms with Crippen LogP contribution in [0, 0.1) is 0 Å². The fourth-order valence-electron chi connectivity index (χ4n) is 4.94. The van der Waals surface area contributed by atoms with Crippen molar-refractivity contribution in [1.82, 2.24) is 10.2 Å². The van der Waals surface area contributed by atoms with Crippen molar-refractivity contribution in [3.63, 3.8) is 0 Å². The lowest BCUT2D eigenvalue weighted by Crippen LogP contribution is -2.41. The number of hydrogen-bond donors (Lipinski definition) is 2. The minimum Gasteiger partial charge on any atom is -0.497 e. The molecule has 8 heteroatoms. The highest BCUT2D eigenvalue weighted by atomic mass is 16.5. The van der Waals surface area contributed by atoms with Crippen LogP contribution in [0.15, 0.2) is 66.7 Å². The Kier molecular flexibility index (Phi) is 7.13. The van der Waals surface area contributed by atoms with Crippen molar-refractivity contribution in [2.24, 2.45) is 0 Å². The maximum Gasteiger partial charge on any atom is 0.256 e. The Morgan fingerprint density at radius 2 is 1.74 bits per heavy atom. The first kappa shape index (κ1) is 25.1. The Morgan fingerprint density at radius 3 is 2.50 bits per heavy atom. The minimum absolute atomic E-state index is 0.151. The molecule has 0 saturated carbocycles. The third kappa shape index (κ3) is 5.25. The monoisotopic (exact) mass is 511 g/mol. The zero-order chi connectivity index (χ0) is 26.6. The molecule has 2 unspecified atom stereocenters. The van der Waals surface area contributed by atoms with E-state index in [0.717, 1.165) is 22.4 Å². The number of anilines is 1. The third-order valence-electron chi connectivity index (χ3n) is 6.89. The van der Waals surface area contributed by atoms with Crippen molar-refractivity contribution >= 4 is 35.6 Å². The van der Waals surface area contributed by atoms with Crippen LogP contribution in [-0.2, 0) is 16.0 Å². The van der Waals surface area contributed by atoms with E-state index < -0.39 is 6.04 Å². The molecule has 2 aliphatic heterocycles. The van der Waals surface area contributed by atoms with E-state index in [1.165, 1.54) is 0 Å². The van der Waals surface area contributed by atoms with E-state index >= 15 is 0 Å². The fourth-order valence-corrected chi connectivity index (χ4v) is 4.94. The van der Waals surface area contributed by atoms with Crippen LogP contribution in [0.5, 0.6) is 11.5 Å². The summed E-state index contributed by atoms with van der Waals surface area (Å²) in [5.41, 5.74) is 3.53. The Morgan fingerprint density at radius 1 is 1.00 bits per heavy atom. The summed E-state index contributed by atoms with van der Waals surface area (Å²) in [6.07, 6.45) is 4.38. The van der Waals surface area contributed by atoms with Crippen molar-refractivity contribution in [1.29, 1.82) is 0 Å². The van der Waals surface area contributed by atoms with Gasteiger partial charge in [0.2, 0.25) is 11.8 Å². The van der Waals surface area contributed by atoms with Gasteiger partial charge in [-0.2, -0.15) is 0 Å². The summed E-state index contributed by atoms with van der Waals surface area (Å²) in [6, 6.07) is 19.4.